The van der Waals surface area contributed by atoms with Gasteiger partial charge in [0, 0.05) is 26.2 Å². The molecule has 1 fully saturated rings. The number of benzene rings is 2. The maximum atomic E-state index is 13.3. The summed E-state index contributed by atoms with van der Waals surface area (Å²) in [5.74, 6) is -3.44. The van der Waals surface area contributed by atoms with E-state index in [1.54, 1.807) is 9.80 Å². The lowest BCUT2D eigenvalue weighted by atomic mass is 10.2. The van der Waals surface area contributed by atoms with E-state index in [9.17, 15) is 17.6 Å². The zero-order valence-corrected chi connectivity index (χ0v) is 12.7. The van der Waals surface area contributed by atoms with Gasteiger partial charge in [0.1, 0.15) is 0 Å². The standard InChI is InChI=1S/C17H15F4N3/c18-13-3-1-11(7-15(13)20)9-23-5-6-24(17(23)22)10-12-2-4-14(19)16(21)8-12/h1-4,7-8,22H,5-6,9-10H2. The first-order chi connectivity index (χ1) is 11.4. The molecule has 126 valence electrons. The molecule has 0 bridgehead atoms. The lowest BCUT2D eigenvalue weighted by Crippen LogP contribution is -2.32. The monoisotopic (exact) mass is 337 g/mol. The summed E-state index contributed by atoms with van der Waals surface area (Å²) in [6.45, 7) is 1.65. The third kappa shape index (κ3) is 3.34. The van der Waals surface area contributed by atoms with Gasteiger partial charge in [-0.3, -0.25) is 5.41 Å². The molecule has 1 saturated heterocycles. The molecule has 3 nitrogen and oxygen atoms in total. The summed E-state index contributed by atoms with van der Waals surface area (Å²) < 4.78 is 52.4. The summed E-state index contributed by atoms with van der Waals surface area (Å²) in [4.78, 5) is 3.43. The fraction of sp³-hybridized carbons (Fsp3) is 0.235. The molecule has 2 aromatic carbocycles. The molecule has 0 atom stereocenters. The highest BCUT2D eigenvalue weighted by Crippen LogP contribution is 2.18. The van der Waals surface area contributed by atoms with Crippen LogP contribution in [-0.2, 0) is 13.1 Å². The summed E-state index contributed by atoms with van der Waals surface area (Å²) in [5.41, 5.74) is 1.13. The lowest BCUT2D eigenvalue weighted by molar-refractivity contribution is 0.445. The van der Waals surface area contributed by atoms with Crippen LogP contribution in [0.3, 0.4) is 0 Å². The van der Waals surface area contributed by atoms with E-state index in [1.165, 1.54) is 12.1 Å². The highest BCUT2D eigenvalue weighted by atomic mass is 19.2. The second kappa shape index (κ2) is 6.51. The van der Waals surface area contributed by atoms with Crippen molar-refractivity contribution in [1.82, 2.24) is 9.80 Å². The van der Waals surface area contributed by atoms with Crippen LogP contribution in [0, 0.1) is 28.7 Å². The number of rotatable bonds is 4. The number of nitrogens with one attached hydrogen (secondary N) is 1. The quantitative estimate of drug-likeness (QED) is 0.866. The Hall–Kier alpha value is -2.57. The average molecular weight is 337 g/mol. The van der Waals surface area contributed by atoms with E-state index >= 15 is 0 Å². The third-order valence-corrected chi connectivity index (χ3v) is 3.95. The van der Waals surface area contributed by atoms with Crippen molar-refractivity contribution in [3.05, 3.63) is 70.8 Å². The van der Waals surface area contributed by atoms with Crippen LogP contribution >= 0.6 is 0 Å². The van der Waals surface area contributed by atoms with Gasteiger partial charge in [0.05, 0.1) is 0 Å². The van der Waals surface area contributed by atoms with Gasteiger partial charge in [0.15, 0.2) is 29.2 Å². The largest absolute Gasteiger partial charge is 0.337 e. The molecule has 0 amide bonds. The Bertz CT molecular complexity index is 715. The Kier molecular flexibility index (Phi) is 4.42. The van der Waals surface area contributed by atoms with Gasteiger partial charge in [0.25, 0.3) is 0 Å². The molecule has 0 aliphatic carbocycles. The normalized spacial score (nSPS) is 14.6. The summed E-state index contributed by atoms with van der Waals surface area (Å²) in [6.07, 6.45) is 0. The van der Waals surface area contributed by atoms with Crippen LogP contribution < -0.4 is 0 Å². The van der Waals surface area contributed by atoms with Crippen LogP contribution in [-0.4, -0.2) is 28.8 Å². The lowest BCUT2D eigenvalue weighted by Gasteiger charge is -2.22. The number of guanidine groups is 1. The molecule has 0 radical (unpaired) electrons. The molecule has 0 saturated carbocycles. The topological polar surface area (TPSA) is 30.3 Å². The van der Waals surface area contributed by atoms with E-state index < -0.39 is 23.3 Å². The maximum Gasteiger partial charge on any atom is 0.194 e. The molecule has 1 aliphatic rings. The van der Waals surface area contributed by atoms with Gasteiger partial charge in [-0.05, 0) is 35.4 Å². The van der Waals surface area contributed by atoms with Crippen LogP contribution in [0.2, 0.25) is 0 Å². The first kappa shape index (κ1) is 16.3. The summed E-state index contributed by atoms with van der Waals surface area (Å²) in [7, 11) is 0. The van der Waals surface area contributed by atoms with E-state index in [1.807, 2.05) is 0 Å². The van der Waals surface area contributed by atoms with Crippen molar-refractivity contribution in [2.45, 2.75) is 13.1 Å². The van der Waals surface area contributed by atoms with Crippen molar-refractivity contribution in [3.8, 4) is 0 Å². The molecular formula is C17H15F4N3. The smallest absolute Gasteiger partial charge is 0.194 e. The molecule has 0 spiro atoms. The molecule has 1 aliphatic heterocycles. The van der Waals surface area contributed by atoms with Crippen molar-refractivity contribution in [1.29, 1.82) is 5.41 Å². The Balaban J connectivity index is 1.66. The van der Waals surface area contributed by atoms with Gasteiger partial charge in [-0.25, -0.2) is 17.6 Å². The van der Waals surface area contributed by atoms with E-state index in [0.29, 0.717) is 24.2 Å². The Morgan fingerprint density at radius 2 is 1.12 bits per heavy atom. The second-order valence-corrected chi connectivity index (χ2v) is 5.66. The molecule has 3 rings (SSSR count). The molecule has 24 heavy (non-hydrogen) atoms. The first-order valence-corrected chi connectivity index (χ1v) is 7.40. The number of nitrogens with zero attached hydrogens (tertiary/aromatic N) is 2. The van der Waals surface area contributed by atoms with E-state index in [-0.39, 0.29) is 19.0 Å². The molecule has 0 unspecified atom stereocenters. The predicted octanol–water partition coefficient (Wildman–Crippen LogP) is 3.50. The van der Waals surface area contributed by atoms with Crippen LogP contribution in [0.25, 0.3) is 0 Å². The van der Waals surface area contributed by atoms with Crippen LogP contribution in [0.4, 0.5) is 17.6 Å². The van der Waals surface area contributed by atoms with Crippen LogP contribution in [0.15, 0.2) is 36.4 Å². The van der Waals surface area contributed by atoms with Gasteiger partial charge < -0.3 is 9.80 Å². The van der Waals surface area contributed by atoms with E-state index in [0.717, 1.165) is 24.3 Å². The SMILES string of the molecule is N=C1N(Cc2ccc(F)c(F)c2)CCN1Cc1ccc(F)c(F)c1. The predicted molar refractivity (Wildman–Crippen MR) is 81.3 cm³/mol. The second-order valence-electron chi connectivity index (χ2n) is 5.66. The zero-order valence-electron chi connectivity index (χ0n) is 12.7. The van der Waals surface area contributed by atoms with Crippen molar-refractivity contribution < 1.29 is 17.6 Å². The van der Waals surface area contributed by atoms with Gasteiger partial charge in [-0.2, -0.15) is 0 Å². The minimum absolute atomic E-state index is 0.212. The first-order valence-electron chi connectivity index (χ1n) is 7.40. The Morgan fingerprint density at radius 1 is 0.708 bits per heavy atom. The van der Waals surface area contributed by atoms with Gasteiger partial charge in [0.2, 0.25) is 0 Å². The van der Waals surface area contributed by atoms with E-state index in [2.05, 4.69) is 0 Å². The summed E-state index contributed by atoms with van der Waals surface area (Å²) in [5, 5.41) is 8.17. The fourth-order valence-corrected chi connectivity index (χ4v) is 2.68. The van der Waals surface area contributed by atoms with Gasteiger partial charge in [-0.1, -0.05) is 12.1 Å². The van der Waals surface area contributed by atoms with Crippen molar-refractivity contribution in [2.24, 2.45) is 0 Å². The van der Waals surface area contributed by atoms with Crippen LogP contribution in [0.5, 0.6) is 0 Å². The molecule has 1 heterocycles. The number of halogens is 4. The van der Waals surface area contributed by atoms with Crippen molar-refractivity contribution in [3.63, 3.8) is 0 Å². The van der Waals surface area contributed by atoms with Crippen LogP contribution in [0.1, 0.15) is 11.1 Å². The molecule has 0 aromatic heterocycles. The Morgan fingerprint density at radius 3 is 1.50 bits per heavy atom. The Labute approximate surface area is 136 Å². The molecule has 2 aromatic rings. The minimum Gasteiger partial charge on any atom is -0.337 e. The molecule has 7 heteroatoms. The number of hydrogen-bond donors (Lipinski definition) is 1. The van der Waals surface area contributed by atoms with Crippen molar-refractivity contribution >= 4 is 5.96 Å². The minimum atomic E-state index is -0.920. The van der Waals surface area contributed by atoms with Gasteiger partial charge in [-0.15, -0.1) is 0 Å². The maximum absolute atomic E-state index is 13.3. The third-order valence-electron chi connectivity index (χ3n) is 3.95. The van der Waals surface area contributed by atoms with Crippen molar-refractivity contribution in [2.75, 3.05) is 13.1 Å². The van der Waals surface area contributed by atoms with E-state index in [4.69, 9.17) is 5.41 Å². The molecule has 1 N–H and O–H groups in total. The highest BCUT2D eigenvalue weighted by Gasteiger charge is 2.25. The summed E-state index contributed by atoms with van der Waals surface area (Å²) in [6, 6.07) is 7.29. The highest BCUT2D eigenvalue weighted by molar-refractivity contribution is 5.78. The average Bonchev–Trinajstić information content (AvgIpc) is 2.88. The van der Waals surface area contributed by atoms with Gasteiger partial charge >= 0.3 is 0 Å². The fourth-order valence-electron chi connectivity index (χ4n) is 2.68. The molecular weight excluding hydrogens is 322 g/mol. The zero-order chi connectivity index (χ0) is 17.3. The number of hydrogen-bond acceptors (Lipinski definition) is 1. The summed E-state index contributed by atoms with van der Waals surface area (Å²) >= 11 is 0.